The second-order valence-electron chi connectivity index (χ2n) is 5.89. The Hall–Kier alpha value is -2.81. The minimum atomic E-state index is -0.861. The van der Waals surface area contributed by atoms with Gasteiger partial charge in [0.15, 0.2) is 0 Å². The number of nitro groups is 1. The van der Waals surface area contributed by atoms with Crippen LogP contribution in [0.5, 0.6) is 0 Å². The van der Waals surface area contributed by atoms with Crippen LogP contribution in [-0.4, -0.2) is 39.8 Å². The number of β-lactam (4-membered cyclic amide) rings is 1. The number of nitro benzene ring substituents is 1. The summed E-state index contributed by atoms with van der Waals surface area (Å²) in [6.07, 6.45) is -1.35. The molecule has 134 valence electrons. The molecule has 9 nitrogen and oxygen atoms in total. The van der Waals surface area contributed by atoms with Gasteiger partial charge in [0, 0.05) is 24.6 Å². The molecule has 1 heterocycles. The summed E-state index contributed by atoms with van der Waals surface area (Å²) in [7, 11) is 0. The lowest BCUT2D eigenvalue weighted by molar-refractivity contribution is -0.384. The number of nitrogens with one attached hydrogen (secondary N) is 1. The highest BCUT2D eigenvalue weighted by molar-refractivity contribution is 5.97. The van der Waals surface area contributed by atoms with Crippen LogP contribution in [0.3, 0.4) is 0 Å². The zero-order valence-electron chi connectivity index (χ0n) is 13.5. The zero-order valence-corrected chi connectivity index (χ0v) is 13.5. The molecule has 0 radical (unpaired) electrons. The molecule has 2 rings (SSSR count). The van der Waals surface area contributed by atoms with Gasteiger partial charge in [0.25, 0.3) is 5.69 Å². The number of hydrogen-bond donors (Lipinski definition) is 2. The van der Waals surface area contributed by atoms with E-state index in [4.69, 9.17) is 4.74 Å². The van der Waals surface area contributed by atoms with E-state index in [1.807, 2.05) is 0 Å². The van der Waals surface area contributed by atoms with Gasteiger partial charge in [0.2, 0.25) is 5.91 Å². The fourth-order valence-electron chi connectivity index (χ4n) is 2.60. The molecule has 0 spiro atoms. The van der Waals surface area contributed by atoms with Crippen LogP contribution in [0, 0.1) is 16.0 Å². The number of aliphatic hydroxyl groups excluding tert-OH is 1. The monoisotopic (exact) mass is 350 g/mol. The Bertz CT molecular complexity index is 684. The first kappa shape index (κ1) is 18.5. The van der Waals surface area contributed by atoms with Crippen LogP contribution < -0.4 is 5.32 Å². The predicted octanol–water partition coefficient (Wildman–Crippen LogP) is 0.483. The number of carbonyl (C=O) groups excluding carboxylic acids is 3. The van der Waals surface area contributed by atoms with Crippen LogP contribution >= 0.6 is 0 Å². The van der Waals surface area contributed by atoms with Gasteiger partial charge in [-0.1, -0.05) is 0 Å². The predicted molar refractivity (Wildman–Crippen MR) is 84.2 cm³/mol. The summed E-state index contributed by atoms with van der Waals surface area (Å²) in [6, 6.07) is 5.05. The molecule has 3 atom stereocenters. The van der Waals surface area contributed by atoms with Gasteiger partial charge in [-0.25, -0.2) is 0 Å². The Morgan fingerprint density at radius 1 is 1.36 bits per heavy atom. The van der Waals surface area contributed by atoms with Crippen LogP contribution in [0.25, 0.3) is 0 Å². The van der Waals surface area contributed by atoms with E-state index in [9.17, 15) is 29.6 Å². The Kier molecular flexibility index (Phi) is 5.81. The summed E-state index contributed by atoms with van der Waals surface area (Å²) in [5, 5.41) is 22.5. The van der Waals surface area contributed by atoms with Crippen LogP contribution in [0.4, 0.5) is 5.69 Å². The van der Waals surface area contributed by atoms with E-state index in [1.54, 1.807) is 0 Å². The molecule has 1 aromatic carbocycles. The number of aliphatic hydroxyl groups is 1. The maximum Gasteiger partial charge on any atom is 0.313 e. The van der Waals surface area contributed by atoms with Gasteiger partial charge in [0.05, 0.1) is 16.9 Å². The first-order chi connectivity index (χ1) is 11.8. The molecule has 0 aromatic heterocycles. The fourth-order valence-corrected chi connectivity index (χ4v) is 2.60. The van der Waals surface area contributed by atoms with Crippen molar-refractivity contribution in [3.8, 4) is 0 Å². The molecule has 1 amide bonds. The van der Waals surface area contributed by atoms with E-state index in [1.165, 1.54) is 31.2 Å². The van der Waals surface area contributed by atoms with Crippen LogP contribution in [-0.2, 0) is 25.7 Å². The lowest BCUT2D eigenvalue weighted by atomic mass is 9.83. The highest BCUT2D eigenvalue weighted by Gasteiger charge is 2.43. The van der Waals surface area contributed by atoms with Crippen molar-refractivity contribution in [2.75, 3.05) is 0 Å². The van der Waals surface area contributed by atoms with E-state index in [-0.39, 0.29) is 24.6 Å². The van der Waals surface area contributed by atoms with Crippen LogP contribution in [0.15, 0.2) is 24.3 Å². The second-order valence-corrected chi connectivity index (χ2v) is 5.89. The number of benzene rings is 1. The van der Waals surface area contributed by atoms with E-state index in [2.05, 4.69) is 5.32 Å². The quantitative estimate of drug-likeness (QED) is 0.229. The highest BCUT2D eigenvalue weighted by atomic mass is 16.6. The number of ether oxygens (including phenoxy) is 1. The topological polar surface area (TPSA) is 136 Å². The van der Waals surface area contributed by atoms with E-state index >= 15 is 0 Å². The molecule has 1 unspecified atom stereocenters. The molecule has 1 aliphatic rings. The third-order valence-corrected chi connectivity index (χ3v) is 3.92. The lowest BCUT2D eigenvalue weighted by Gasteiger charge is -2.38. The Labute approximate surface area is 143 Å². The van der Waals surface area contributed by atoms with Gasteiger partial charge >= 0.3 is 5.97 Å². The number of rotatable bonds is 8. The van der Waals surface area contributed by atoms with Crippen molar-refractivity contribution in [1.82, 2.24) is 5.32 Å². The number of carbonyl (C=O) groups is 3. The van der Waals surface area contributed by atoms with Crippen molar-refractivity contribution in [2.24, 2.45) is 5.92 Å². The SMILES string of the molecule is CC(O)[C@H]1C(=O)N[C@@H]1CC(=O)CC(=O)OCc1ccc([N+](=O)[O-])cc1. The Balaban J connectivity index is 1.75. The summed E-state index contributed by atoms with van der Waals surface area (Å²) in [4.78, 5) is 44.8. The van der Waals surface area contributed by atoms with Crippen molar-refractivity contribution in [2.45, 2.75) is 38.5 Å². The number of ketones is 1. The van der Waals surface area contributed by atoms with E-state index in [0.29, 0.717) is 5.56 Å². The summed E-state index contributed by atoms with van der Waals surface area (Å²) in [5.41, 5.74) is 0.493. The zero-order chi connectivity index (χ0) is 18.6. The van der Waals surface area contributed by atoms with Crippen molar-refractivity contribution in [1.29, 1.82) is 0 Å². The summed E-state index contributed by atoms with van der Waals surface area (Å²) in [6.45, 7) is 1.37. The number of esters is 1. The van der Waals surface area contributed by atoms with Gasteiger partial charge < -0.3 is 15.2 Å². The van der Waals surface area contributed by atoms with Crippen molar-refractivity contribution in [3.63, 3.8) is 0 Å². The van der Waals surface area contributed by atoms with E-state index in [0.717, 1.165) is 0 Å². The molecule has 1 aliphatic heterocycles. The molecule has 2 N–H and O–H groups in total. The molecule has 0 aliphatic carbocycles. The molecule has 0 bridgehead atoms. The minimum absolute atomic E-state index is 0.0477. The van der Waals surface area contributed by atoms with Gasteiger partial charge in [-0.2, -0.15) is 0 Å². The van der Waals surface area contributed by atoms with Gasteiger partial charge in [0.1, 0.15) is 18.8 Å². The lowest BCUT2D eigenvalue weighted by Crippen LogP contribution is -2.62. The first-order valence-electron chi connectivity index (χ1n) is 7.67. The molecule has 9 heteroatoms. The second kappa shape index (κ2) is 7.84. The minimum Gasteiger partial charge on any atom is -0.460 e. The molecule has 1 aromatic rings. The Morgan fingerprint density at radius 3 is 2.52 bits per heavy atom. The van der Waals surface area contributed by atoms with Crippen molar-refractivity contribution < 1.29 is 29.2 Å². The number of amides is 1. The molecule has 0 saturated carbocycles. The standard InChI is InChI=1S/C16H18N2O7/c1-9(19)15-13(17-16(15)22)6-12(20)7-14(21)25-8-10-2-4-11(5-3-10)18(23)24/h2-5,9,13,15,19H,6-8H2,1H3,(H,17,22)/t9?,13-,15-/m1/s1. The smallest absolute Gasteiger partial charge is 0.313 e. The third-order valence-electron chi connectivity index (χ3n) is 3.92. The summed E-state index contributed by atoms with van der Waals surface area (Å²) >= 11 is 0. The normalized spacial score (nSPS) is 20.2. The summed E-state index contributed by atoms with van der Waals surface area (Å²) < 4.78 is 4.96. The highest BCUT2D eigenvalue weighted by Crippen LogP contribution is 2.22. The largest absolute Gasteiger partial charge is 0.460 e. The third kappa shape index (κ3) is 4.83. The average molecular weight is 350 g/mol. The van der Waals surface area contributed by atoms with Crippen molar-refractivity contribution >= 4 is 23.3 Å². The number of hydrogen-bond acceptors (Lipinski definition) is 7. The maximum atomic E-state index is 11.9. The average Bonchev–Trinajstić information content (AvgIpc) is 2.51. The van der Waals surface area contributed by atoms with Crippen LogP contribution in [0.1, 0.15) is 25.3 Å². The Morgan fingerprint density at radius 2 is 2.00 bits per heavy atom. The molecule has 25 heavy (non-hydrogen) atoms. The van der Waals surface area contributed by atoms with Gasteiger partial charge in [-0.15, -0.1) is 0 Å². The number of Topliss-reactive ketones (excluding diaryl/α,β-unsaturated/α-hetero) is 1. The van der Waals surface area contributed by atoms with Gasteiger partial charge in [-0.3, -0.25) is 24.5 Å². The van der Waals surface area contributed by atoms with E-state index < -0.39 is 41.2 Å². The fraction of sp³-hybridized carbons (Fsp3) is 0.438. The first-order valence-corrected chi connectivity index (χ1v) is 7.67. The molecular weight excluding hydrogens is 332 g/mol. The van der Waals surface area contributed by atoms with Crippen LogP contribution in [0.2, 0.25) is 0 Å². The molecular formula is C16H18N2O7. The molecule has 1 saturated heterocycles. The molecule has 1 fully saturated rings. The number of non-ortho nitro benzene ring substituents is 1. The maximum absolute atomic E-state index is 11.9. The van der Waals surface area contributed by atoms with Gasteiger partial charge in [-0.05, 0) is 24.6 Å². The summed E-state index contributed by atoms with van der Waals surface area (Å²) in [5.74, 6) is -2.07. The van der Waals surface area contributed by atoms with Crippen molar-refractivity contribution in [3.05, 3.63) is 39.9 Å². The number of nitrogens with zero attached hydrogens (tertiary/aromatic N) is 1.